The Morgan fingerprint density at radius 3 is 2.12 bits per heavy atom. The lowest BCUT2D eigenvalue weighted by Crippen LogP contribution is -2.37. The molecule has 0 rings (SSSR count). The second kappa shape index (κ2) is 6.45. The van der Waals surface area contributed by atoms with Gasteiger partial charge in [-0.3, -0.25) is 0 Å². The van der Waals surface area contributed by atoms with Crippen LogP contribution in [-0.2, 0) is 4.74 Å². The van der Waals surface area contributed by atoms with Crippen LogP contribution in [0.1, 0.15) is 40.5 Å². The first kappa shape index (κ1) is 15.7. The predicted octanol–water partition coefficient (Wildman–Crippen LogP) is 3.12. The van der Waals surface area contributed by atoms with Crippen LogP contribution >= 0.6 is 0 Å². The van der Waals surface area contributed by atoms with Gasteiger partial charge in [-0.05, 0) is 33.7 Å². The summed E-state index contributed by atoms with van der Waals surface area (Å²) in [6.07, 6.45) is -4.79. The first-order chi connectivity index (χ1) is 7.14. The summed E-state index contributed by atoms with van der Waals surface area (Å²) >= 11 is 0. The molecule has 5 heteroatoms. The molecule has 2 nitrogen and oxygen atoms in total. The maximum absolute atomic E-state index is 12.1. The fourth-order valence-electron chi connectivity index (χ4n) is 1.22. The van der Waals surface area contributed by atoms with Gasteiger partial charge in [-0.25, -0.2) is 0 Å². The second-order valence-electron chi connectivity index (χ2n) is 4.83. The van der Waals surface area contributed by atoms with Crippen LogP contribution in [0.4, 0.5) is 13.2 Å². The van der Waals surface area contributed by atoms with E-state index in [0.717, 1.165) is 0 Å². The minimum absolute atomic E-state index is 0.0629. The fraction of sp³-hybridized carbons (Fsp3) is 1.00. The number of alkyl halides is 3. The van der Waals surface area contributed by atoms with E-state index < -0.39 is 12.6 Å². The molecule has 0 aliphatic rings. The highest BCUT2D eigenvalue weighted by Gasteiger charge is 2.28. The average Bonchev–Trinajstić information content (AvgIpc) is 2.07. The molecule has 0 spiro atoms. The summed E-state index contributed by atoms with van der Waals surface area (Å²) in [7, 11) is 0. The molecule has 0 saturated heterocycles. The van der Waals surface area contributed by atoms with Crippen molar-refractivity contribution < 1.29 is 17.9 Å². The monoisotopic (exact) mass is 241 g/mol. The molecule has 0 bridgehead atoms. The standard InChI is InChI=1S/C11H22F3NO/c1-5-15-9(6-7-11(12,13)14)8-16-10(2,3)4/h9,15H,5-8H2,1-4H3. The first-order valence-electron chi connectivity index (χ1n) is 5.58. The Morgan fingerprint density at radius 1 is 1.19 bits per heavy atom. The molecule has 16 heavy (non-hydrogen) atoms. The van der Waals surface area contributed by atoms with Crippen LogP contribution in [0.5, 0.6) is 0 Å². The average molecular weight is 241 g/mol. The highest BCUT2D eigenvalue weighted by Crippen LogP contribution is 2.22. The highest BCUT2D eigenvalue weighted by molar-refractivity contribution is 4.70. The third-order valence-corrected chi connectivity index (χ3v) is 1.99. The minimum atomic E-state index is -4.09. The minimum Gasteiger partial charge on any atom is -0.374 e. The molecular weight excluding hydrogens is 219 g/mol. The Hall–Kier alpha value is -0.290. The molecule has 0 saturated carbocycles. The van der Waals surface area contributed by atoms with Crippen molar-refractivity contribution in [3.8, 4) is 0 Å². The predicted molar refractivity (Wildman–Crippen MR) is 58.5 cm³/mol. The number of halogens is 3. The van der Waals surface area contributed by atoms with E-state index in [1.54, 1.807) is 0 Å². The Kier molecular flexibility index (Phi) is 6.33. The molecule has 0 fully saturated rings. The quantitative estimate of drug-likeness (QED) is 0.771. The SMILES string of the molecule is CCNC(CCC(F)(F)F)COC(C)(C)C. The van der Waals surface area contributed by atoms with Gasteiger partial charge in [-0.1, -0.05) is 6.92 Å². The van der Waals surface area contributed by atoms with Crippen LogP contribution in [0, 0.1) is 0 Å². The van der Waals surface area contributed by atoms with Crippen molar-refractivity contribution in [3.05, 3.63) is 0 Å². The van der Waals surface area contributed by atoms with E-state index in [0.29, 0.717) is 13.2 Å². The van der Waals surface area contributed by atoms with Gasteiger partial charge in [-0.2, -0.15) is 13.2 Å². The summed E-state index contributed by atoms with van der Waals surface area (Å²) in [5.41, 5.74) is -0.314. The number of likely N-dealkylation sites (N-methyl/N-ethyl adjacent to an activating group) is 1. The summed E-state index contributed by atoms with van der Waals surface area (Å²) < 4.78 is 41.7. The van der Waals surface area contributed by atoms with Gasteiger partial charge in [-0.15, -0.1) is 0 Å². The van der Waals surface area contributed by atoms with Gasteiger partial charge in [0.05, 0.1) is 12.2 Å². The molecule has 0 aromatic rings. The molecule has 0 heterocycles. The number of rotatable bonds is 6. The van der Waals surface area contributed by atoms with Crippen molar-refractivity contribution in [2.75, 3.05) is 13.2 Å². The maximum atomic E-state index is 12.1. The maximum Gasteiger partial charge on any atom is 0.389 e. The van der Waals surface area contributed by atoms with Crippen LogP contribution in [0.25, 0.3) is 0 Å². The Morgan fingerprint density at radius 2 is 1.75 bits per heavy atom. The fourth-order valence-corrected chi connectivity index (χ4v) is 1.22. The third-order valence-electron chi connectivity index (χ3n) is 1.99. The van der Waals surface area contributed by atoms with Gasteiger partial charge in [0.1, 0.15) is 0 Å². The topological polar surface area (TPSA) is 21.3 Å². The molecule has 1 atom stereocenters. The molecule has 0 aliphatic heterocycles. The van der Waals surface area contributed by atoms with Crippen molar-refractivity contribution in [1.29, 1.82) is 0 Å². The molecular formula is C11H22F3NO. The zero-order chi connectivity index (χ0) is 12.8. The van der Waals surface area contributed by atoms with E-state index >= 15 is 0 Å². The number of ether oxygens (including phenoxy) is 1. The van der Waals surface area contributed by atoms with E-state index in [2.05, 4.69) is 5.32 Å². The van der Waals surface area contributed by atoms with E-state index in [9.17, 15) is 13.2 Å². The Balaban J connectivity index is 3.98. The van der Waals surface area contributed by atoms with Gasteiger partial charge >= 0.3 is 6.18 Å². The van der Waals surface area contributed by atoms with Gasteiger partial charge in [0, 0.05) is 12.5 Å². The third kappa shape index (κ3) is 10.2. The van der Waals surface area contributed by atoms with Crippen molar-refractivity contribution in [3.63, 3.8) is 0 Å². The summed E-state index contributed by atoms with van der Waals surface area (Å²) in [4.78, 5) is 0. The van der Waals surface area contributed by atoms with Crippen LogP contribution in [0.3, 0.4) is 0 Å². The first-order valence-corrected chi connectivity index (χ1v) is 5.58. The molecule has 0 amide bonds. The summed E-state index contributed by atoms with van der Waals surface area (Å²) in [6, 6.07) is -0.231. The molecule has 0 aliphatic carbocycles. The normalized spacial score (nSPS) is 15.2. The highest BCUT2D eigenvalue weighted by atomic mass is 19.4. The summed E-state index contributed by atoms with van der Waals surface area (Å²) in [6.45, 7) is 8.50. The molecule has 98 valence electrons. The smallest absolute Gasteiger partial charge is 0.374 e. The van der Waals surface area contributed by atoms with Crippen LogP contribution in [0.2, 0.25) is 0 Å². The Labute approximate surface area is 95.5 Å². The van der Waals surface area contributed by atoms with Crippen LogP contribution < -0.4 is 5.32 Å². The van der Waals surface area contributed by atoms with Crippen molar-refractivity contribution in [2.45, 2.75) is 58.4 Å². The number of nitrogens with one attached hydrogen (secondary N) is 1. The second-order valence-corrected chi connectivity index (χ2v) is 4.83. The van der Waals surface area contributed by atoms with E-state index in [-0.39, 0.29) is 18.1 Å². The lowest BCUT2D eigenvalue weighted by atomic mass is 10.1. The summed E-state index contributed by atoms with van der Waals surface area (Å²) in [5, 5.41) is 3.00. The largest absolute Gasteiger partial charge is 0.389 e. The van der Waals surface area contributed by atoms with E-state index in [1.165, 1.54) is 0 Å². The zero-order valence-electron chi connectivity index (χ0n) is 10.4. The molecule has 1 unspecified atom stereocenters. The molecule has 0 aromatic carbocycles. The Bertz CT molecular complexity index is 169. The van der Waals surface area contributed by atoms with E-state index in [4.69, 9.17) is 4.74 Å². The zero-order valence-corrected chi connectivity index (χ0v) is 10.4. The van der Waals surface area contributed by atoms with Crippen molar-refractivity contribution in [1.82, 2.24) is 5.32 Å². The van der Waals surface area contributed by atoms with Crippen LogP contribution in [-0.4, -0.2) is 31.0 Å². The van der Waals surface area contributed by atoms with Crippen molar-refractivity contribution in [2.24, 2.45) is 0 Å². The van der Waals surface area contributed by atoms with Gasteiger partial charge in [0.15, 0.2) is 0 Å². The molecule has 0 radical (unpaired) electrons. The lowest BCUT2D eigenvalue weighted by Gasteiger charge is -2.25. The summed E-state index contributed by atoms with van der Waals surface area (Å²) in [5.74, 6) is 0. The molecule has 1 N–H and O–H groups in total. The van der Waals surface area contributed by atoms with Crippen LogP contribution in [0.15, 0.2) is 0 Å². The van der Waals surface area contributed by atoms with Gasteiger partial charge in [0.25, 0.3) is 0 Å². The van der Waals surface area contributed by atoms with Gasteiger partial charge in [0.2, 0.25) is 0 Å². The number of hydrogen-bond donors (Lipinski definition) is 1. The van der Waals surface area contributed by atoms with E-state index in [1.807, 2.05) is 27.7 Å². The number of hydrogen-bond acceptors (Lipinski definition) is 2. The van der Waals surface area contributed by atoms with Gasteiger partial charge < -0.3 is 10.1 Å². The van der Waals surface area contributed by atoms with Crippen molar-refractivity contribution >= 4 is 0 Å². The molecule has 0 aromatic heterocycles. The lowest BCUT2D eigenvalue weighted by molar-refractivity contribution is -0.138.